The van der Waals surface area contributed by atoms with E-state index in [4.69, 9.17) is 9.47 Å². The van der Waals surface area contributed by atoms with Gasteiger partial charge in [-0.2, -0.15) is 0 Å². The summed E-state index contributed by atoms with van der Waals surface area (Å²) < 4.78 is 12.9. The van der Waals surface area contributed by atoms with E-state index in [1.807, 2.05) is 16.7 Å². The normalized spacial score (nSPS) is 16.3. The van der Waals surface area contributed by atoms with Crippen LogP contribution in [-0.4, -0.2) is 31.2 Å². The van der Waals surface area contributed by atoms with Crippen LogP contribution in [-0.2, 0) is 19.4 Å². The second-order valence-electron chi connectivity index (χ2n) is 6.78. The lowest BCUT2D eigenvalue weighted by Crippen LogP contribution is -2.25. The summed E-state index contributed by atoms with van der Waals surface area (Å²) in [5, 5.41) is 5.77. The van der Waals surface area contributed by atoms with Crippen LogP contribution in [0.3, 0.4) is 0 Å². The summed E-state index contributed by atoms with van der Waals surface area (Å²) in [6.07, 6.45) is 2.34. The van der Waals surface area contributed by atoms with Crippen molar-refractivity contribution >= 4 is 27.7 Å². The Morgan fingerprint density at radius 3 is 2.60 bits per heavy atom. The highest BCUT2D eigenvalue weighted by Gasteiger charge is 2.28. The molecule has 0 saturated carbocycles. The molecule has 0 atom stereocenters. The third-order valence-electron chi connectivity index (χ3n) is 5.54. The molecule has 3 heterocycles. The molecule has 0 bridgehead atoms. The van der Waals surface area contributed by atoms with E-state index in [9.17, 15) is 4.79 Å². The Hall–Kier alpha value is -2.53. The number of fused-ring (bicyclic) bond motifs is 5. The van der Waals surface area contributed by atoms with Crippen molar-refractivity contribution in [1.29, 1.82) is 0 Å². The van der Waals surface area contributed by atoms with Crippen molar-refractivity contribution in [3.8, 4) is 11.5 Å². The van der Waals surface area contributed by atoms with Gasteiger partial charge in [-0.1, -0.05) is 6.07 Å². The van der Waals surface area contributed by atoms with Crippen molar-refractivity contribution in [2.24, 2.45) is 0 Å². The van der Waals surface area contributed by atoms with Crippen molar-refractivity contribution in [1.82, 2.24) is 9.88 Å². The number of benzene rings is 2. The van der Waals surface area contributed by atoms with Crippen molar-refractivity contribution in [3.63, 3.8) is 0 Å². The lowest BCUT2D eigenvalue weighted by molar-refractivity contribution is 0.0908. The van der Waals surface area contributed by atoms with Crippen molar-refractivity contribution in [2.75, 3.05) is 20.8 Å². The van der Waals surface area contributed by atoms with Crippen LogP contribution in [0.15, 0.2) is 18.2 Å². The van der Waals surface area contributed by atoms with Crippen LogP contribution in [0.4, 0.5) is 0 Å². The second-order valence-corrected chi connectivity index (χ2v) is 6.78. The summed E-state index contributed by atoms with van der Waals surface area (Å²) in [6.45, 7) is 1.86. The van der Waals surface area contributed by atoms with Gasteiger partial charge in [0.05, 0.1) is 25.3 Å². The van der Waals surface area contributed by atoms with E-state index in [0.717, 1.165) is 42.4 Å². The molecule has 0 amide bonds. The highest BCUT2D eigenvalue weighted by atomic mass is 16.5. The van der Waals surface area contributed by atoms with Crippen molar-refractivity contribution in [2.45, 2.75) is 25.8 Å². The van der Waals surface area contributed by atoms with Gasteiger partial charge in [-0.25, -0.2) is 0 Å². The van der Waals surface area contributed by atoms with Crippen LogP contribution < -0.4 is 14.8 Å². The average molecular weight is 336 g/mol. The van der Waals surface area contributed by atoms with E-state index >= 15 is 0 Å². The quantitative estimate of drug-likeness (QED) is 0.781. The van der Waals surface area contributed by atoms with Crippen LogP contribution in [0, 0.1) is 0 Å². The monoisotopic (exact) mass is 336 g/mol. The fraction of sp³-hybridized carbons (Fsp3) is 0.350. The molecule has 5 nitrogen and oxygen atoms in total. The van der Waals surface area contributed by atoms with E-state index in [1.54, 1.807) is 14.2 Å². The Balaban J connectivity index is 2.01. The number of aryl methyl sites for hydroxylation is 1. The van der Waals surface area contributed by atoms with E-state index in [-0.39, 0.29) is 5.91 Å². The van der Waals surface area contributed by atoms with Crippen LogP contribution in [0.25, 0.3) is 21.8 Å². The molecule has 2 aliphatic heterocycles. The van der Waals surface area contributed by atoms with Gasteiger partial charge in [0.15, 0.2) is 11.5 Å². The maximum absolute atomic E-state index is 12.7. The lowest BCUT2D eigenvalue weighted by atomic mass is 9.90. The highest BCUT2D eigenvalue weighted by Crippen LogP contribution is 2.43. The minimum absolute atomic E-state index is 0.161. The number of nitrogens with zero attached hydrogens (tertiary/aromatic N) is 1. The molecule has 0 spiro atoms. The maximum atomic E-state index is 12.7. The largest absolute Gasteiger partial charge is 0.493 e. The van der Waals surface area contributed by atoms with Crippen molar-refractivity contribution < 1.29 is 14.3 Å². The topological polar surface area (TPSA) is 52.5 Å². The Bertz CT molecular complexity index is 1050. The van der Waals surface area contributed by atoms with Gasteiger partial charge in [0.2, 0.25) is 5.91 Å². The number of hydrogen-bond acceptors (Lipinski definition) is 4. The van der Waals surface area contributed by atoms with Crippen molar-refractivity contribution in [3.05, 3.63) is 34.9 Å². The van der Waals surface area contributed by atoms with E-state index < -0.39 is 0 Å². The molecule has 2 aliphatic rings. The molecule has 128 valence electrons. The molecule has 0 unspecified atom stereocenters. The van der Waals surface area contributed by atoms with Crippen LogP contribution in [0.2, 0.25) is 0 Å². The van der Waals surface area contributed by atoms with Crippen LogP contribution in [0.5, 0.6) is 11.5 Å². The lowest BCUT2D eigenvalue weighted by Gasteiger charge is -2.22. The zero-order chi connectivity index (χ0) is 17.1. The minimum Gasteiger partial charge on any atom is -0.493 e. The minimum atomic E-state index is 0.161. The molecule has 5 heteroatoms. The number of aromatic nitrogens is 1. The number of rotatable bonds is 2. The van der Waals surface area contributed by atoms with E-state index in [2.05, 4.69) is 11.4 Å². The van der Waals surface area contributed by atoms with Gasteiger partial charge in [0.25, 0.3) is 0 Å². The Kier molecular flexibility index (Phi) is 3.09. The number of nitrogens with one attached hydrogen (secondary N) is 1. The SMILES string of the molecule is COc1cc2c3c4c(cc5c3n(c2cc1OC)C(=O)CC5)CNCC4. The first-order valence-electron chi connectivity index (χ1n) is 8.70. The maximum Gasteiger partial charge on any atom is 0.231 e. The first-order chi connectivity index (χ1) is 12.2. The standard InChI is InChI=1S/C20H20N2O3/c1-24-16-8-14-15(9-17(16)25-2)22-18(23)4-3-11-7-12-10-21-6-5-13(12)19(14)20(11)22/h7-9,21H,3-6,10H2,1-2H3. The summed E-state index contributed by atoms with van der Waals surface area (Å²) in [7, 11) is 3.28. The number of ether oxygens (including phenoxy) is 2. The first kappa shape index (κ1) is 14.8. The average Bonchev–Trinajstić information content (AvgIpc) is 2.99. The molecule has 0 saturated heterocycles. The molecule has 0 radical (unpaired) electrons. The zero-order valence-electron chi connectivity index (χ0n) is 14.4. The Morgan fingerprint density at radius 2 is 1.80 bits per heavy atom. The van der Waals surface area contributed by atoms with E-state index in [0.29, 0.717) is 17.9 Å². The summed E-state index contributed by atoms with van der Waals surface area (Å²) in [5.74, 6) is 1.52. The number of hydrogen-bond donors (Lipinski definition) is 1. The summed E-state index contributed by atoms with van der Waals surface area (Å²) in [5.41, 5.74) is 6.00. The van der Waals surface area contributed by atoms with E-state index in [1.165, 1.54) is 22.1 Å². The fourth-order valence-electron chi connectivity index (χ4n) is 4.43. The Morgan fingerprint density at radius 1 is 1.00 bits per heavy atom. The second kappa shape index (κ2) is 5.23. The van der Waals surface area contributed by atoms with Gasteiger partial charge < -0.3 is 14.8 Å². The summed E-state index contributed by atoms with van der Waals surface area (Å²) >= 11 is 0. The molecule has 2 aromatic carbocycles. The number of carbonyl (C=O) groups excluding carboxylic acids is 1. The highest BCUT2D eigenvalue weighted by molar-refractivity contribution is 6.17. The smallest absolute Gasteiger partial charge is 0.231 e. The van der Waals surface area contributed by atoms with Gasteiger partial charge in [-0.3, -0.25) is 9.36 Å². The van der Waals surface area contributed by atoms with Gasteiger partial charge in [-0.15, -0.1) is 0 Å². The van der Waals surface area contributed by atoms with Crippen LogP contribution >= 0.6 is 0 Å². The Labute approximate surface area is 145 Å². The predicted molar refractivity (Wildman–Crippen MR) is 96.9 cm³/mol. The van der Waals surface area contributed by atoms with Gasteiger partial charge >= 0.3 is 0 Å². The summed E-state index contributed by atoms with van der Waals surface area (Å²) in [4.78, 5) is 12.7. The molecule has 1 aromatic heterocycles. The first-order valence-corrected chi connectivity index (χ1v) is 8.70. The molecular formula is C20H20N2O3. The third kappa shape index (κ3) is 1.90. The molecule has 5 rings (SSSR count). The molecule has 3 aromatic rings. The van der Waals surface area contributed by atoms with Gasteiger partial charge in [0.1, 0.15) is 0 Å². The third-order valence-corrected chi connectivity index (χ3v) is 5.54. The molecule has 0 fully saturated rings. The predicted octanol–water partition coefficient (Wildman–Crippen LogP) is 3.04. The number of carbonyl (C=O) groups is 1. The molecule has 0 aliphatic carbocycles. The molecule has 1 N–H and O–H groups in total. The molecule has 25 heavy (non-hydrogen) atoms. The van der Waals surface area contributed by atoms with Gasteiger partial charge in [-0.05, 0) is 42.1 Å². The number of methoxy groups -OCH3 is 2. The van der Waals surface area contributed by atoms with Crippen LogP contribution in [0.1, 0.15) is 27.9 Å². The molecular weight excluding hydrogens is 316 g/mol. The fourth-order valence-corrected chi connectivity index (χ4v) is 4.43. The summed E-state index contributed by atoms with van der Waals surface area (Å²) in [6, 6.07) is 6.26. The zero-order valence-corrected chi connectivity index (χ0v) is 14.4. The van der Waals surface area contributed by atoms with Gasteiger partial charge in [0, 0.05) is 29.8 Å².